The Morgan fingerprint density at radius 1 is 0.806 bits per heavy atom. The fourth-order valence-electron chi connectivity index (χ4n) is 7.35. The number of aliphatic hydroxyl groups excluding tert-OH is 1. The van der Waals surface area contributed by atoms with E-state index >= 15 is 0 Å². The molecule has 6 aliphatic heterocycles. The van der Waals surface area contributed by atoms with Crippen molar-refractivity contribution in [2.45, 2.75) is 100 Å². The number of aliphatic hydroxyl groups is 1. The number of nitrogens with two attached hydrogens (primary N) is 3. The highest BCUT2D eigenvalue weighted by Gasteiger charge is 2.47. The molecule has 7 unspecified atom stereocenters. The Kier molecular flexibility index (Phi) is 15.3. The summed E-state index contributed by atoms with van der Waals surface area (Å²) in [7, 11) is 1.18. The molecular weight excluding hydrogens is 944 g/mol. The molecule has 7 rings (SSSR count). The van der Waals surface area contributed by atoms with Crippen molar-refractivity contribution >= 4 is 73.3 Å². The van der Waals surface area contributed by atoms with E-state index in [1.54, 1.807) is 10.6 Å². The predicted molar refractivity (Wildman–Crippen MR) is 225 cm³/mol. The maximum Gasteiger partial charge on any atom is 0.325 e. The highest BCUT2D eigenvalue weighted by atomic mass is 32.5. The lowest BCUT2D eigenvalue weighted by Crippen LogP contribution is -2.56. The number of imidazole rings is 1. The molecule has 0 aliphatic carbocycles. The van der Waals surface area contributed by atoms with Crippen LogP contribution < -0.4 is 38.5 Å². The number of aromatic nitrogens is 2. The van der Waals surface area contributed by atoms with Gasteiger partial charge in [-0.05, 0) is 59.9 Å². The molecule has 0 bridgehead atoms. The smallest absolute Gasteiger partial charge is 0.325 e. The summed E-state index contributed by atoms with van der Waals surface area (Å²) in [4.78, 5) is 65.1. The molecule has 1 aromatic heterocycles. The van der Waals surface area contributed by atoms with Crippen LogP contribution >= 0.6 is 20.2 Å². The highest BCUT2D eigenvalue weighted by molar-refractivity contribution is 8.07. The second kappa shape index (κ2) is 19.6. The maximum absolute atomic E-state index is 12.9. The molecule has 0 radical (unpaired) electrons. The zero-order valence-electron chi connectivity index (χ0n) is 33.0. The molecule has 6 aliphatic rings. The van der Waals surface area contributed by atoms with Crippen molar-refractivity contribution < 1.29 is 70.7 Å². The minimum atomic E-state index is -4.19. The van der Waals surface area contributed by atoms with E-state index in [0.717, 1.165) is 0 Å². The first-order chi connectivity index (χ1) is 29.2. The van der Waals surface area contributed by atoms with Crippen LogP contribution in [0.25, 0.3) is 0 Å². The van der Waals surface area contributed by atoms with Crippen LogP contribution in [0, 0.1) is 5.92 Å². The van der Waals surface area contributed by atoms with E-state index in [4.69, 9.17) is 94.0 Å². The summed E-state index contributed by atoms with van der Waals surface area (Å²) in [6.07, 6.45) is -2.55. The van der Waals surface area contributed by atoms with E-state index in [0.29, 0.717) is 12.2 Å². The second-order valence-electron chi connectivity index (χ2n) is 14.9. The van der Waals surface area contributed by atoms with Gasteiger partial charge in [-0.25, -0.2) is 9.78 Å². The van der Waals surface area contributed by atoms with E-state index in [-0.39, 0.29) is 37.7 Å². The van der Waals surface area contributed by atoms with E-state index in [1.165, 1.54) is 41.7 Å². The Balaban J connectivity index is 1.00. The Hall–Kier alpha value is -1.70. The van der Waals surface area contributed by atoms with Crippen LogP contribution in [0.5, 0.6) is 0 Å². The molecule has 3 saturated heterocycles. The van der Waals surface area contributed by atoms with Gasteiger partial charge in [0.15, 0.2) is 18.3 Å². The fourth-order valence-corrected chi connectivity index (χ4v) is 10.9. The van der Waals surface area contributed by atoms with E-state index in [9.17, 15) is 29.4 Å². The van der Waals surface area contributed by atoms with Gasteiger partial charge in [0.1, 0.15) is 36.7 Å². The van der Waals surface area contributed by atoms with Gasteiger partial charge in [0, 0.05) is 32.4 Å². The van der Waals surface area contributed by atoms with E-state index in [2.05, 4.69) is 26.3 Å². The lowest BCUT2D eigenvalue weighted by Gasteiger charge is -2.36. The number of rotatable bonds is 17. The van der Waals surface area contributed by atoms with Crippen molar-refractivity contribution in [2.75, 3.05) is 32.2 Å². The zero-order valence-corrected chi connectivity index (χ0v) is 38.1. The number of anilines is 1. The third-order valence-electron chi connectivity index (χ3n) is 10.5. The number of carbonyl (C=O) groups is 2. The Morgan fingerprint density at radius 3 is 2.02 bits per heavy atom. The molecule has 14 N–H and O–H groups in total. The molecule has 3 fully saturated rings. The summed E-state index contributed by atoms with van der Waals surface area (Å²) >= 11 is 15.8. The summed E-state index contributed by atoms with van der Waals surface area (Å²) in [5.74, 6) is -0.127. The number of hydrogen-bond donors (Lipinski definition) is 11. The number of fused-ring (bicyclic) bond motifs is 1. The van der Waals surface area contributed by atoms with Crippen molar-refractivity contribution in [3.63, 3.8) is 0 Å². The molecule has 0 saturated carbocycles. The molecule has 26 nitrogen and oxygen atoms in total. The maximum atomic E-state index is 12.9. The highest BCUT2D eigenvalue weighted by Crippen LogP contribution is 2.52. The normalized spacial score (nSPS) is 37.6. The quantitative estimate of drug-likeness (QED) is 0.0779. The minimum absolute atomic E-state index is 0.0177. The molecule has 0 aromatic carbocycles. The van der Waals surface area contributed by atoms with Crippen LogP contribution in [0.15, 0.2) is 30.9 Å². The minimum Gasteiger partial charge on any atom is -0.361 e. The first kappa shape index (κ1) is 48.2. The number of ether oxygens (including phenoxy) is 3. The lowest BCUT2D eigenvalue weighted by molar-refractivity contribution is -0.125. The number of nitrogens with one attached hydrogen (secondary N) is 4. The van der Waals surface area contributed by atoms with Gasteiger partial charge in [-0.3, -0.25) is 25.3 Å². The Labute approximate surface area is 370 Å². The molecule has 32 heteroatoms. The molecule has 348 valence electrons. The first-order valence-corrected chi connectivity index (χ1v) is 26.9. The van der Waals surface area contributed by atoms with Crippen molar-refractivity contribution in [2.24, 2.45) is 23.1 Å². The van der Waals surface area contributed by atoms with Gasteiger partial charge in [-0.2, -0.15) is 0 Å². The summed E-state index contributed by atoms with van der Waals surface area (Å²) < 4.78 is 54.0. The van der Waals surface area contributed by atoms with Crippen LogP contribution in [0.2, 0.25) is 0 Å². The standard InChI is InChI=1S/C30H50N11O15P3S3/c1-14-7-22(41-13-34-25-26(41)37-28(33)38-27(25)42)52-17(14)10-50-58(46,61)55-16-9-24(40-6-4-21(32)36-30(40)44)54-19(16)12-51-59(47,62)56-15-8-23(39-5-3-20(31)35-29(39)43)53-18(15)11-49-57(45,60)48-2/h3-6,13-24,28-29,35,37,43H,7-12,31-33H2,1-2H3,(H,36,44)(H,38,42)(H,45,60)(H,46,61)(H,47,62)/t14-,15-,16-,17-,18-,19-,20?,21?,22-,23-,24-,28?,29?,57?,58?,59?/m1/s1. The van der Waals surface area contributed by atoms with Gasteiger partial charge in [-0.15, -0.1) is 0 Å². The van der Waals surface area contributed by atoms with Crippen molar-refractivity contribution in [3.8, 4) is 0 Å². The van der Waals surface area contributed by atoms with Crippen LogP contribution in [0.3, 0.4) is 0 Å². The Morgan fingerprint density at radius 2 is 1.39 bits per heavy atom. The molecule has 62 heavy (non-hydrogen) atoms. The van der Waals surface area contributed by atoms with Gasteiger partial charge < -0.3 is 93.5 Å². The summed E-state index contributed by atoms with van der Waals surface area (Å²) in [5.41, 5.74) is 17.7. The molecule has 0 spiro atoms. The number of nitrogens with zero attached hydrogens (tertiary/aromatic N) is 4. The number of hydrogen-bond acceptors (Lipinski definition) is 22. The third-order valence-corrected chi connectivity index (χ3v) is 15.4. The molecule has 16 atom stereocenters. The second-order valence-corrected chi connectivity index (χ2v) is 23.4. The van der Waals surface area contributed by atoms with Gasteiger partial charge in [0.25, 0.3) is 5.91 Å². The van der Waals surface area contributed by atoms with Gasteiger partial charge in [0.2, 0.25) is 0 Å². The molecule has 1 aromatic rings. The van der Waals surface area contributed by atoms with E-state index < -0.39 is 113 Å². The van der Waals surface area contributed by atoms with Gasteiger partial charge in [0.05, 0.1) is 56.8 Å². The van der Waals surface area contributed by atoms with Crippen molar-refractivity contribution in [3.05, 3.63) is 36.6 Å². The van der Waals surface area contributed by atoms with Crippen molar-refractivity contribution in [1.29, 1.82) is 0 Å². The van der Waals surface area contributed by atoms with Gasteiger partial charge in [-0.1, -0.05) is 6.92 Å². The largest absolute Gasteiger partial charge is 0.361 e. The molecule has 3 amide bonds. The SMILES string of the molecule is COP(O)(=S)OC[C@H]1O[C@@H](N2C=CC(N)NC2O)C[C@H]1OP(O)(=S)OC[C@H]1O[C@@H](N2C=CC(N)NC2=O)C[C@H]1OP(O)(=S)OC[C@H]1O[C@@H](n2cnc3c2NC(N)NC3=O)C[C@H]1C. The topological polar surface area (TPSA) is 349 Å². The van der Waals surface area contributed by atoms with Gasteiger partial charge >= 0.3 is 26.2 Å². The lowest BCUT2D eigenvalue weighted by atomic mass is 10.0. The zero-order chi connectivity index (χ0) is 44.7. The third kappa shape index (κ3) is 11.6. The monoisotopic (exact) mass is 993 g/mol. The van der Waals surface area contributed by atoms with Crippen LogP contribution in [0.4, 0.5) is 10.6 Å². The molecular formula is C30H50N11O15P3S3. The number of amides is 3. The summed E-state index contributed by atoms with van der Waals surface area (Å²) in [5, 5.41) is 21.4. The number of urea groups is 1. The molecule has 7 heterocycles. The summed E-state index contributed by atoms with van der Waals surface area (Å²) in [6.45, 7) is -11.0. The summed E-state index contributed by atoms with van der Waals surface area (Å²) in [6, 6.07) is -0.573. The average Bonchev–Trinajstić information content (AvgIpc) is 3.97. The van der Waals surface area contributed by atoms with Crippen molar-refractivity contribution in [1.82, 2.24) is 35.3 Å². The fraction of sp³-hybridized carbons (Fsp3) is 0.700. The van der Waals surface area contributed by atoms with Crippen LogP contribution in [0.1, 0.15) is 42.9 Å². The Bertz CT molecular complexity index is 2030. The van der Waals surface area contributed by atoms with Crippen LogP contribution in [-0.2, 0) is 76.8 Å². The van der Waals surface area contributed by atoms with Crippen LogP contribution in [-0.4, -0.2) is 146 Å². The number of carbonyl (C=O) groups excluding carboxylic acids is 2. The van der Waals surface area contributed by atoms with E-state index in [1.807, 2.05) is 6.92 Å². The predicted octanol–water partition coefficient (Wildman–Crippen LogP) is -1.65. The average molecular weight is 994 g/mol. The first-order valence-electron chi connectivity index (χ1n) is 19.1.